The SMILES string of the molecule is Cc1ccc(C(=O)N(C2CC2)C2CCN(S(=O)(=O)C3CC3)CC2)cc1. The van der Waals surface area contributed by atoms with E-state index in [1.807, 2.05) is 36.1 Å². The number of benzene rings is 1. The number of rotatable bonds is 5. The van der Waals surface area contributed by atoms with E-state index >= 15 is 0 Å². The summed E-state index contributed by atoms with van der Waals surface area (Å²) in [5.74, 6) is 0.103. The van der Waals surface area contributed by atoms with Gasteiger partial charge in [-0.1, -0.05) is 17.7 Å². The zero-order valence-corrected chi connectivity index (χ0v) is 15.5. The highest BCUT2D eigenvalue weighted by Gasteiger charge is 2.44. The molecule has 0 radical (unpaired) electrons. The Morgan fingerprint density at radius 2 is 1.52 bits per heavy atom. The van der Waals surface area contributed by atoms with Crippen LogP contribution in [0.1, 0.15) is 54.4 Å². The molecule has 6 heteroatoms. The van der Waals surface area contributed by atoms with Gasteiger partial charge in [-0.15, -0.1) is 0 Å². The summed E-state index contributed by atoms with van der Waals surface area (Å²) in [6.45, 7) is 3.12. The lowest BCUT2D eigenvalue weighted by Crippen LogP contribution is -2.50. The van der Waals surface area contributed by atoms with Crippen molar-refractivity contribution in [1.82, 2.24) is 9.21 Å². The number of nitrogens with zero attached hydrogens (tertiary/aromatic N) is 2. The monoisotopic (exact) mass is 362 g/mol. The fraction of sp³-hybridized carbons (Fsp3) is 0.632. The largest absolute Gasteiger partial charge is 0.333 e. The van der Waals surface area contributed by atoms with Crippen molar-refractivity contribution in [3.05, 3.63) is 35.4 Å². The Hall–Kier alpha value is -1.40. The highest BCUT2D eigenvalue weighted by atomic mass is 32.2. The van der Waals surface area contributed by atoms with Crippen LogP contribution >= 0.6 is 0 Å². The molecule has 1 aromatic carbocycles. The summed E-state index contributed by atoms with van der Waals surface area (Å²) in [4.78, 5) is 15.1. The molecule has 0 aromatic heterocycles. The third-order valence-corrected chi connectivity index (χ3v) is 7.99. The lowest BCUT2D eigenvalue weighted by Gasteiger charge is -2.38. The Labute approximate surface area is 150 Å². The van der Waals surface area contributed by atoms with Gasteiger partial charge in [0, 0.05) is 30.7 Å². The zero-order valence-electron chi connectivity index (χ0n) is 14.7. The van der Waals surface area contributed by atoms with Gasteiger partial charge < -0.3 is 4.90 Å². The molecular formula is C19H26N2O3S. The van der Waals surface area contributed by atoms with E-state index in [-0.39, 0.29) is 17.2 Å². The number of hydrogen-bond acceptors (Lipinski definition) is 3. The summed E-state index contributed by atoms with van der Waals surface area (Å²) in [7, 11) is -3.09. The number of piperidine rings is 1. The molecule has 0 spiro atoms. The highest BCUT2D eigenvalue weighted by molar-refractivity contribution is 7.90. The van der Waals surface area contributed by atoms with Crippen LogP contribution in [-0.4, -0.2) is 54.0 Å². The van der Waals surface area contributed by atoms with E-state index < -0.39 is 10.0 Å². The first-order valence-corrected chi connectivity index (χ1v) is 10.9. The summed E-state index contributed by atoms with van der Waals surface area (Å²) in [6, 6.07) is 8.25. The molecule has 2 aliphatic carbocycles. The van der Waals surface area contributed by atoms with Crippen LogP contribution in [0.5, 0.6) is 0 Å². The topological polar surface area (TPSA) is 57.7 Å². The molecular weight excluding hydrogens is 336 g/mol. The molecule has 0 unspecified atom stereocenters. The number of aryl methyl sites for hydroxylation is 1. The van der Waals surface area contributed by atoms with Crippen molar-refractivity contribution in [1.29, 1.82) is 0 Å². The summed E-state index contributed by atoms with van der Waals surface area (Å²) in [5.41, 5.74) is 1.89. The van der Waals surface area contributed by atoms with Crippen LogP contribution in [0.4, 0.5) is 0 Å². The second-order valence-electron chi connectivity index (χ2n) is 7.68. The van der Waals surface area contributed by atoms with Crippen molar-refractivity contribution >= 4 is 15.9 Å². The van der Waals surface area contributed by atoms with Crippen LogP contribution in [0.25, 0.3) is 0 Å². The van der Waals surface area contributed by atoms with Crippen molar-refractivity contribution in [3.8, 4) is 0 Å². The van der Waals surface area contributed by atoms with Crippen molar-refractivity contribution < 1.29 is 13.2 Å². The van der Waals surface area contributed by atoms with Crippen LogP contribution in [-0.2, 0) is 10.0 Å². The molecule has 0 bridgehead atoms. The molecule has 1 aromatic rings. The molecule has 136 valence electrons. The quantitative estimate of drug-likeness (QED) is 0.809. The fourth-order valence-corrected chi connectivity index (χ4v) is 5.65. The van der Waals surface area contributed by atoms with Crippen molar-refractivity contribution in [2.24, 2.45) is 0 Å². The lowest BCUT2D eigenvalue weighted by molar-refractivity contribution is 0.0596. The predicted octanol–water partition coefficient (Wildman–Crippen LogP) is 2.56. The minimum atomic E-state index is -3.09. The van der Waals surface area contributed by atoms with Crippen LogP contribution in [0.15, 0.2) is 24.3 Å². The standard InChI is InChI=1S/C19H26N2O3S/c1-14-2-4-15(5-3-14)19(22)21(16-6-7-16)17-10-12-20(13-11-17)25(23,24)18-8-9-18/h2-5,16-18H,6-13H2,1H3. The maximum atomic E-state index is 13.0. The van der Waals surface area contributed by atoms with Gasteiger partial charge >= 0.3 is 0 Å². The number of hydrogen-bond donors (Lipinski definition) is 0. The third kappa shape index (κ3) is 3.47. The zero-order chi connectivity index (χ0) is 17.6. The minimum Gasteiger partial charge on any atom is -0.333 e. The van der Waals surface area contributed by atoms with E-state index in [9.17, 15) is 13.2 Å². The lowest BCUT2D eigenvalue weighted by atomic mass is 10.0. The van der Waals surface area contributed by atoms with Crippen LogP contribution < -0.4 is 0 Å². The smallest absolute Gasteiger partial charge is 0.254 e. The van der Waals surface area contributed by atoms with Gasteiger partial charge in [-0.2, -0.15) is 0 Å². The number of sulfonamides is 1. The third-order valence-electron chi connectivity index (χ3n) is 5.60. The Morgan fingerprint density at radius 1 is 0.960 bits per heavy atom. The van der Waals surface area contributed by atoms with E-state index in [1.165, 1.54) is 0 Å². The van der Waals surface area contributed by atoms with Crippen molar-refractivity contribution in [3.63, 3.8) is 0 Å². The molecule has 4 rings (SSSR count). The fourth-order valence-electron chi connectivity index (χ4n) is 3.78. The van der Waals surface area contributed by atoms with Gasteiger partial charge in [0.15, 0.2) is 0 Å². The van der Waals surface area contributed by atoms with Crippen molar-refractivity contribution in [2.75, 3.05) is 13.1 Å². The average Bonchev–Trinajstić information content (AvgIpc) is 3.48. The molecule has 0 N–H and O–H groups in total. The Bertz CT molecular complexity index is 743. The number of carbonyl (C=O) groups is 1. The van der Waals surface area contributed by atoms with Gasteiger partial charge in [0.25, 0.3) is 5.91 Å². The van der Waals surface area contributed by atoms with Gasteiger partial charge in [-0.3, -0.25) is 4.79 Å². The first-order chi connectivity index (χ1) is 12.0. The minimum absolute atomic E-state index is 0.103. The molecule has 5 nitrogen and oxygen atoms in total. The second kappa shape index (κ2) is 6.40. The second-order valence-corrected chi connectivity index (χ2v) is 9.90. The van der Waals surface area contributed by atoms with E-state index in [0.29, 0.717) is 19.1 Å². The predicted molar refractivity (Wildman–Crippen MR) is 96.9 cm³/mol. The van der Waals surface area contributed by atoms with Gasteiger partial charge in [0.05, 0.1) is 5.25 Å². The summed E-state index contributed by atoms with van der Waals surface area (Å²) >= 11 is 0. The molecule has 1 saturated heterocycles. The maximum absolute atomic E-state index is 13.0. The van der Waals surface area contributed by atoms with Crippen molar-refractivity contribution in [2.45, 2.75) is 62.8 Å². The summed E-state index contributed by atoms with van der Waals surface area (Å²) in [6.07, 6.45) is 5.25. The molecule has 0 atom stereocenters. The Morgan fingerprint density at radius 3 is 2.04 bits per heavy atom. The molecule has 3 fully saturated rings. The Kier molecular flexibility index (Phi) is 4.36. The van der Waals surface area contributed by atoms with E-state index in [0.717, 1.165) is 49.7 Å². The van der Waals surface area contributed by atoms with Gasteiger partial charge in [-0.05, 0) is 57.6 Å². The van der Waals surface area contributed by atoms with Crippen LogP contribution in [0.2, 0.25) is 0 Å². The maximum Gasteiger partial charge on any atom is 0.254 e. The highest BCUT2D eigenvalue weighted by Crippen LogP contribution is 2.36. The van der Waals surface area contributed by atoms with Gasteiger partial charge in [-0.25, -0.2) is 12.7 Å². The van der Waals surface area contributed by atoms with Gasteiger partial charge in [0.1, 0.15) is 0 Å². The normalized spacial score (nSPS) is 22.8. The van der Waals surface area contributed by atoms with E-state index in [4.69, 9.17) is 0 Å². The summed E-state index contributed by atoms with van der Waals surface area (Å²) in [5, 5.41) is -0.141. The van der Waals surface area contributed by atoms with Gasteiger partial charge in [0.2, 0.25) is 10.0 Å². The molecule has 1 aliphatic heterocycles. The summed E-state index contributed by atoms with van der Waals surface area (Å²) < 4.78 is 26.5. The van der Waals surface area contributed by atoms with E-state index in [2.05, 4.69) is 0 Å². The van der Waals surface area contributed by atoms with E-state index in [1.54, 1.807) is 4.31 Å². The number of amides is 1. The average molecular weight is 362 g/mol. The molecule has 2 saturated carbocycles. The molecule has 25 heavy (non-hydrogen) atoms. The Balaban J connectivity index is 1.45. The number of carbonyl (C=O) groups excluding carboxylic acids is 1. The molecule has 1 amide bonds. The van der Waals surface area contributed by atoms with Crippen LogP contribution in [0, 0.1) is 6.92 Å². The molecule has 3 aliphatic rings. The molecule has 1 heterocycles. The first-order valence-electron chi connectivity index (χ1n) is 9.35. The van der Waals surface area contributed by atoms with Crippen LogP contribution in [0.3, 0.4) is 0 Å². The first kappa shape index (κ1) is 17.0.